The van der Waals surface area contributed by atoms with E-state index in [4.69, 9.17) is 42.0 Å². The minimum absolute atomic E-state index is 0.138. The molecule has 11 heteroatoms. The van der Waals surface area contributed by atoms with Crippen molar-refractivity contribution in [1.82, 2.24) is 0 Å². The normalized spacial score (nSPS) is 12.6. The zero-order chi connectivity index (χ0) is 22.0. The summed E-state index contributed by atoms with van der Waals surface area (Å²) < 4.78 is 61.9. The van der Waals surface area contributed by atoms with Gasteiger partial charge in [-0.2, -0.15) is 0 Å². The first-order valence-electron chi connectivity index (χ1n) is 10.2. The molecule has 10 nitrogen and oxygen atoms in total. The van der Waals surface area contributed by atoms with Crippen LogP contribution in [0.3, 0.4) is 0 Å². The molecule has 0 amide bonds. The fraction of sp³-hybridized carbons (Fsp3) is 1.00. The molecule has 0 atom stereocenters. The molecule has 0 bridgehead atoms. The number of rotatable bonds is 21. The Hall–Kier alpha value is -0.130. The molecule has 0 spiro atoms. The van der Waals surface area contributed by atoms with Crippen molar-refractivity contribution in [3.05, 3.63) is 0 Å². The summed E-state index contributed by atoms with van der Waals surface area (Å²) in [5.41, 5.74) is 0. The van der Waals surface area contributed by atoms with E-state index >= 15 is 0 Å². The fourth-order valence-corrected chi connectivity index (χ4v) is 3.25. The quantitative estimate of drug-likeness (QED) is 0.193. The molecule has 0 aliphatic heterocycles. The summed E-state index contributed by atoms with van der Waals surface area (Å²) in [6.45, 7) is 13.0. The van der Waals surface area contributed by atoms with Crippen molar-refractivity contribution in [2.75, 3.05) is 59.5 Å². The summed E-state index contributed by atoms with van der Waals surface area (Å²) in [4.78, 5) is 0. The van der Waals surface area contributed by atoms with Gasteiger partial charge in [-0.15, -0.1) is 0 Å². The number of hydrogen-bond acceptors (Lipinski definition) is 10. The number of ether oxygens (including phenoxy) is 6. The average Bonchev–Trinajstić information content (AvgIpc) is 2.70. The predicted molar refractivity (Wildman–Crippen MR) is 107 cm³/mol. The van der Waals surface area contributed by atoms with Gasteiger partial charge in [0, 0.05) is 39.6 Å². The van der Waals surface area contributed by atoms with Crippen molar-refractivity contribution in [2.24, 2.45) is 0 Å². The van der Waals surface area contributed by atoms with Crippen LogP contribution in [0.5, 0.6) is 0 Å². The van der Waals surface area contributed by atoms with Crippen LogP contribution in [-0.2, 0) is 46.6 Å². The molecular formula is C18H39O10P. The predicted octanol–water partition coefficient (Wildman–Crippen LogP) is 3.34. The van der Waals surface area contributed by atoms with Gasteiger partial charge in [-0.3, -0.25) is 13.6 Å². The maximum atomic E-state index is 13.2. The summed E-state index contributed by atoms with van der Waals surface area (Å²) in [5.74, 6) is 0. The molecule has 0 heterocycles. The monoisotopic (exact) mass is 446 g/mol. The molecule has 0 aromatic rings. The van der Waals surface area contributed by atoms with Crippen LogP contribution in [0.4, 0.5) is 0 Å². The second-order valence-electron chi connectivity index (χ2n) is 5.36. The molecule has 0 fully saturated rings. The van der Waals surface area contributed by atoms with E-state index in [1.807, 2.05) is 41.5 Å². The highest BCUT2D eigenvalue weighted by molar-refractivity contribution is 7.48. The van der Waals surface area contributed by atoms with E-state index < -0.39 is 26.7 Å². The molecule has 0 N–H and O–H groups in total. The maximum absolute atomic E-state index is 13.2. The number of hydrogen-bond donors (Lipinski definition) is 0. The Morgan fingerprint density at radius 2 is 0.690 bits per heavy atom. The lowest BCUT2D eigenvalue weighted by Crippen LogP contribution is -2.27. The van der Waals surface area contributed by atoms with Crippen molar-refractivity contribution in [3.8, 4) is 0 Å². The minimum Gasteiger partial charge on any atom is -0.351 e. The van der Waals surface area contributed by atoms with Gasteiger partial charge in [0.05, 0.1) is 0 Å². The summed E-state index contributed by atoms with van der Waals surface area (Å²) in [6, 6.07) is 0. The van der Waals surface area contributed by atoms with E-state index in [1.165, 1.54) is 0 Å². The standard InChI is InChI=1S/C18H39O10P/c1-7-20-16(21-8-2)13-26-29(19,27-14-17(22-9-3)23-10-4)28-15-18(24-11-5)25-12-6/h16-18H,7-15H2,1-6H3. The van der Waals surface area contributed by atoms with Gasteiger partial charge in [-0.1, -0.05) is 0 Å². The lowest BCUT2D eigenvalue weighted by molar-refractivity contribution is -0.173. The van der Waals surface area contributed by atoms with Crippen LogP contribution in [0, 0.1) is 0 Å². The van der Waals surface area contributed by atoms with Gasteiger partial charge in [0.1, 0.15) is 19.8 Å². The van der Waals surface area contributed by atoms with Gasteiger partial charge in [0.25, 0.3) is 0 Å². The molecule has 0 aromatic heterocycles. The van der Waals surface area contributed by atoms with Gasteiger partial charge in [-0.25, -0.2) is 4.57 Å². The second-order valence-corrected chi connectivity index (χ2v) is 7.02. The molecule has 0 aromatic carbocycles. The molecule has 0 saturated heterocycles. The van der Waals surface area contributed by atoms with Crippen molar-refractivity contribution in [2.45, 2.75) is 60.4 Å². The summed E-state index contributed by atoms with van der Waals surface area (Å²) in [5, 5.41) is 0. The van der Waals surface area contributed by atoms with Crippen LogP contribution in [0.25, 0.3) is 0 Å². The lowest BCUT2D eigenvalue weighted by Gasteiger charge is -2.25. The Morgan fingerprint density at radius 3 is 0.862 bits per heavy atom. The first-order chi connectivity index (χ1) is 14.0. The molecular weight excluding hydrogens is 407 g/mol. The third-order valence-corrected chi connectivity index (χ3v) is 4.62. The first kappa shape index (κ1) is 28.9. The number of phosphoric ester groups is 1. The SMILES string of the molecule is CCOC(COP(=O)(OCC(OCC)OCC)OCC(OCC)OCC)OCC. The Balaban J connectivity index is 5.03. The summed E-state index contributed by atoms with van der Waals surface area (Å²) in [6.07, 6.45) is -2.10. The molecule has 0 rings (SSSR count). The van der Waals surface area contributed by atoms with Crippen LogP contribution in [0.1, 0.15) is 41.5 Å². The Labute approximate surface area is 175 Å². The highest BCUT2D eigenvalue weighted by atomic mass is 31.2. The summed E-state index contributed by atoms with van der Waals surface area (Å²) in [7, 11) is -4.00. The van der Waals surface area contributed by atoms with E-state index in [0.29, 0.717) is 39.6 Å². The fourth-order valence-electron chi connectivity index (χ4n) is 2.12. The molecule has 0 aliphatic rings. The Bertz CT molecular complexity index is 337. The van der Waals surface area contributed by atoms with E-state index in [0.717, 1.165) is 0 Å². The largest absolute Gasteiger partial charge is 0.475 e. The van der Waals surface area contributed by atoms with E-state index in [-0.39, 0.29) is 19.8 Å². The van der Waals surface area contributed by atoms with Gasteiger partial charge < -0.3 is 28.4 Å². The summed E-state index contributed by atoms with van der Waals surface area (Å²) >= 11 is 0. The van der Waals surface area contributed by atoms with Gasteiger partial charge in [-0.05, 0) is 41.5 Å². The topological polar surface area (TPSA) is 100 Å². The average molecular weight is 446 g/mol. The highest BCUT2D eigenvalue weighted by Gasteiger charge is 2.32. The lowest BCUT2D eigenvalue weighted by atomic mass is 10.6. The van der Waals surface area contributed by atoms with Crippen LogP contribution >= 0.6 is 7.82 Å². The van der Waals surface area contributed by atoms with E-state index in [9.17, 15) is 4.57 Å². The van der Waals surface area contributed by atoms with Gasteiger partial charge >= 0.3 is 7.82 Å². The number of phosphoric acid groups is 1. The zero-order valence-electron chi connectivity index (χ0n) is 18.6. The van der Waals surface area contributed by atoms with Crippen LogP contribution in [0.2, 0.25) is 0 Å². The van der Waals surface area contributed by atoms with Gasteiger partial charge in [0.2, 0.25) is 0 Å². The van der Waals surface area contributed by atoms with Crippen molar-refractivity contribution >= 4 is 7.82 Å². The highest BCUT2D eigenvalue weighted by Crippen LogP contribution is 2.50. The van der Waals surface area contributed by atoms with Crippen LogP contribution in [0.15, 0.2) is 0 Å². The van der Waals surface area contributed by atoms with Crippen LogP contribution in [-0.4, -0.2) is 78.3 Å². The van der Waals surface area contributed by atoms with Crippen molar-refractivity contribution in [1.29, 1.82) is 0 Å². The first-order valence-corrected chi connectivity index (χ1v) is 11.7. The van der Waals surface area contributed by atoms with Gasteiger partial charge in [0.15, 0.2) is 18.9 Å². The van der Waals surface area contributed by atoms with Crippen molar-refractivity contribution < 1.29 is 46.6 Å². The molecule has 29 heavy (non-hydrogen) atoms. The minimum atomic E-state index is -4.00. The third-order valence-electron chi connectivity index (χ3n) is 3.22. The molecule has 0 saturated carbocycles. The third kappa shape index (κ3) is 14.5. The Morgan fingerprint density at radius 1 is 0.483 bits per heavy atom. The van der Waals surface area contributed by atoms with E-state index in [1.54, 1.807) is 0 Å². The van der Waals surface area contributed by atoms with Crippen molar-refractivity contribution in [3.63, 3.8) is 0 Å². The molecule has 0 radical (unpaired) electrons. The Kier molecular flexibility index (Phi) is 18.5. The van der Waals surface area contributed by atoms with Crippen LogP contribution < -0.4 is 0 Å². The maximum Gasteiger partial charge on any atom is 0.475 e. The molecule has 0 aliphatic carbocycles. The molecule has 176 valence electrons. The smallest absolute Gasteiger partial charge is 0.351 e. The second kappa shape index (κ2) is 18.6. The molecule has 0 unspecified atom stereocenters. The van der Waals surface area contributed by atoms with E-state index in [2.05, 4.69) is 0 Å². The zero-order valence-corrected chi connectivity index (χ0v) is 19.5.